The van der Waals surface area contributed by atoms with Crippen LogP contribution in [0.25, 0.3) is 10.9 Å². The van der Waals surface area contributed by atoms with Crippen LogP contribution in [0, 0.1) is 0 Å². The van der Waals surface area contributed by atoms with E-state index in [0.29, 0.717) is 13.2 Å². The summed E-state index contributed by atoms with van der Waals surface area (Å²) in [6, 6.07) is 18.0. The van der Waals surface area contributed by atoms with E-state index in [9.17, 15) is 4.79 Å². The Kier molecular flexibility index (Phi) is 6.18. The summed E-state index contributed by atoms with van der Waals surface area (Å²) in [5.41, 5.74) is 3.37. The van der Waals surface area contributed by atoms with Gasteiger partial charge in [-0.05, 0) is 17.2 Å². The van der Waals surface area contributed by atoms with Crippen molar-refractivity contribution in [3.05, 3.63) is 71.9 Å². The van der Waals surface area contributed by atoms with Crippen LogP contribution in [0.4, 0.5) is 0 Å². The summed E-state index contributed by atoms with van der Waals surface area (Å²) in [6.45, 7) is 2.43. The second-order valence-corrected chi connectivity index (χ2v) is 7.74. The molecule has 0 unspecified atom stereocenters. The van der Waals surface area contributed by atoms with E-state index >= 15 is 0 Å². The Morgan fingerprint density at radius 3 is 2.60 bits per heavy atom. The van der Waals surface area contributed by atoms with Crippen molar-refractivity contribution >= 4 is 16.8 Å². The number of nitrogens with one attached hydrogen (secondary N) is 1. The first-order valence-electron chi connectivity index (χ1n) is 10.2. The smallest absolute Gasteiger partial charge is 0.217 e. The zero-order valence-corrected chi connectivity index (χ0v) is 17.6. The number of carbonyl (C=O) groups excluding carboxylic acids is 1. The van der Waals surface area contributed by atoms with Gasteiger partial charge in [-0.15, -0.1) is 0 Å². The fourth-order valence-electron chi connectivity index (χ4n) is 4.38. The van der Waals surface area contributed by atoms with Gasteiger partial charge in [-0.1, -0.05) is 48.5 Å². The molecule has 1 aromatic heterocycles. The van der Waals surface area contributed by atoms with Crippen LogP contribution in [0.15, 0.2) is 60.8 Å². The second kappa shape index (κ2) is 9.00. The number of hydrogen-bond acceptors (Lipinski definition) is 4. The van der Waals surface area contributed by atoms with E-state index in [1.807, 2.05) is 49.5 Å². The molecule has 1 aliphatic heterocycles. The summed E-state index contributed by atoms with van der Waals surface area (Å²) in [6.07, 6.45) is 1.33. The van der Waals surface area contributed by atoms with Crippen molar-refractivity contribution in [2.75, 3.05) is 13.7 Å². The monoisotopic (exact) mass is 408 g/mol. The SMILES string of the molecule is CO[C@@H]1O[C@H](COCc2ccccc2)[C@@H](c2cn(C)c3ccccc23)[C@@H]1NC(C)=O. The molecule has 2 aromatic carbocycles. The van der Waals surface area contributed by atoms with Gasteiger partial charge in [-0.2, -0.15) is 0 Å². The minimum Gasteiger partial charge on any atom is -0.374 e. The van der Waals surface area contributed by atoms with Gasteiger partial charge in [0.1, 0.15) is 0 Å². The largest absolute Gasteiger partial charge is 0.374 e. The molecule has 2 heterocycles. The molecule has 4 rings (SSSR count). The van der Waals surface area contributed by atoms with Gasteiger partial charge < -0.3 is 24.1 Å². The third-order valence-corrected chi connectivity index (χ3v) is 5.67. The lowest BCUT2D eigenvalue weighted by atomic mass is 9.88. The van der Waals surface area contributed by atoms with E-state index in [1.165, 1.54) is 6.92 Å². The van der Waals surface area contributed by atoms with Gasteiger partial charge in [-0.25, -0.2) is 0 Å². The minimum absolute atomic E-state index is 0.0966. The highest BCUT2D eigenvalue weighted by Gasteiger charge is 2.47. The van der Waals surface area contributed by atoms with Crippen LogP contribution in [0.1, 0.15) is 24.0 Å². The van der Waals surface area contributed by atoms with E-state index in [4.69, 9.17) is 14.2 Å². The third kappa shape index (κ3) is 4.12. The number of amides is 1. The number of para-hydroxylation sites is 1. The average Bonchev–Trinajstić information content (AvgIpc) is 3.25. The predicted octanol–water partition coefficient (Wildman–Crippen LogP) is 3.35. The summed E-state index contributed by atoms with van der Waals surface area (Å²) < 4.78 is 19.9. The molecule has 3 aromatic rings. The summed E-state index contributed by atoms with van der Waals surface area (Å²) >= 11 is 0. The molecule has 0 saturated carbocycles. The topological polar surface area (TPSA) is 61.7 Å². The fraction of sp³-hybridized carbons (Fsp3) is 0.375. The number of hydrogen-bond donors (Lipinski definition) is 1. The van der Waals surface area contributed by atoms with Crippen LogP contribution in [-0.2, 0) is 32.7 Å². The van der Waals surface area contributed by atoms with E-state index in [2.05, 4.69) is 28.2 Å². The van der Waals surface area contributed by atoms with Crippen LogP contribution >= 0.6 is 0 Å². The first-order valence-corrected chi connectivity index (χ1v) is 10.2. The number of ether oxygens (including phenoxy) is 3. The Balaban J connectivity index is 1.64. The minimum atomic E-state index is -0.539. The molecule has 1 saturated heterocycles. The molecule has 0 radical (unpaired) electrons. The van der Waals surface area contributed by atoms with E-state index in [0.717, 1.165) is 22.0 Å². The third-order valence-electron chi connectivity index (χ3n) is 5.67. The highest BCUT2D eigenvalue weighted by atomic mass is 16.7. The van der Waals surface area contributed by atoms with Gasteiger partial charge in [0, 0.05) is 44.1 Å². The Labute approximate surface area is 176 Å². The zero-order chi connectivity index (χ0) is 21.1. The number of aryl methyl sites for hydroxylation is 1. The van der Waals surface area contributed by atoms with Gasteiger partial charge in [0.25, 0.3) is 0 Å². The molecule has 4 atom stereocenters. The normalized spacial score (nSPS) is 23.7. The molecule has 0 aliphatic carbocycles. The number of aromatic nitrogens is 1. The van der Waals surface area contributed by atoms with E-state index < -0.39 is 6.29 Å². The lowest BCUT2D eigenvalue weighted by molar-refractivity contribution is -0.141. The molecule has 0 bridgehead atoms. The molecule has 1 N–H and O–H groups in total. The van der Waals surface area contributed by atoms with Gasteiger partial charge in [0.2, 0.25) is 5.91 Å². The number of methoxy groups -OCH3 is 1. The summed E-state index contributed by atoms with van der Waals surface area (Å²) in [5, 5.41) is 4.20. The molecule has 1 amide bonds. The molecule has 1 aliphatic rings. The van der Waals surface area contributed by atoms with Crippen LogP contribution in [-0.4, -0.2) is 42.6 Å². The first kappa shape index (κ1) is 20.6. The Hall–Kier alpha value is -2.67. The lowest BCUT2D eigenvalue weighted by Gasteiger charge is -2.24. The Morgan fingerprint density at radius 2 is 1.87 bits per heavy atom. The maximum Gasteiger partial charge on any atom is 0.217 e. The molecule has 1 fully saturated rings. The van der Waals surface area contributed by atoms with Crippen molar-refractivity contribution in [1.82, 2.24) is 9.88 Å². The summed E-state index contributed by atoms with van der Waals surface area (Å²) in [4.78, 5) is 12.0. The van der Waals surface area contributed by atoms with Gasteiger partial charge in [0.15, 0.2) is 6.29 Å². The fourth-order valence-corrected chi connectivity index (χ4v) is 4.38. The van der Waals surface area contributed by atoms with Gasteiger partial charge in [0.05, 0.1) is 25.4 Å². The van der Waals surface area contributed by atoms with Gasteiger partial charge >= 0.3 is 0 Å². The average molecular weight is 408 g/mol. The number of fused-ring (bicyclic) bond motifs is 1. The zero-order valence-electron chi connectivity index (χ0n) is 17.6. The molecular weight excluding hydrogens is 380 g/mol. The van der Waals surface area contributed by atoms with Crippen molar-refractivity contribution in [1.29, 1.82) is 0 Å². The van der Waals surface area contributed by atoms with Crippen LogP contribution in [0.2, 0.25) is 0 Å². The molecule has 6 nitrogen and oxygen atoms in total. The van der Waals surface area contributed by atoms with Crippen molar-refractivity contribution in [2.24, 2.45) is 7.05 Å². The highest BCUT2D eigenvalue weighted by molar-refractivity contribution is 5.85. The van der Waals surface area contributed by atoms with Crippen LogP contribution in [0.3, 0.4) is 0 Å². The lowest BCUT2D eigenvalue weighted by Crippen LogP contribution is -2.43. The maximum atomic E-state index is 12.0. The number of rotatable bonds is 7. The quantitative estimate of drug-likeness (QED) is 0.651. The predicted molar refractivity (Wildman–Crippen MR) is 115 cm³/mol. The van der Waals surface area contributed by atoms with Crippen LogP contribution < -0.4 is 5.32 Å². The molecular formula is C24H28N2O4. The van der Waals surface area contributed by atoms with Crippen LogP contribution in [0.5, 0.6) is 0 Å². The molecule has 30 heavy (non-hydrogen) atoms. The van der Waals surface area contributed by atoms with Crippen molar-refractivity contribution in [3.63, 3.8) is 0 Å². The van der Waals surface area contributed by atoms with Crippen molar-refractivity contribution in [3.8, 4) is 0 Å². The number of benzene rings is 2. The number of nitrogens with zero attached hydrogens (tertiary/aromatic N) is 1. The van der Waals surface area contributed by atoms with E-state index in [1.54, 1.807) is 7.11 Å². The Bertz CT molecular complexity index is 1000. The second-order valence-electron chi connectivity index (χ2n) is 7.74. The summed E-state index contributed by atoms with van der Waals surface area (Å²) in [5.74, 6) is -0.206. The first-order chi connectivity index (χ1) is 14.6. The van der Waals surface area contributed by atoms with E-state index in [-0.39, 0.29) is 24.0 Å². The maximum absolute atomic E-state index is 12.0. The van der Waals surface area contributed by atoms with Crippen molar-refractivity contribution in [2.45, 2.75) is 37.9 Å². The molecule has 6 heteroatoms. The van der Waals surface area contributed by atoms with Crippen molar-refractivity contribution < 1.29 is 19.0 Å². The number of carbonyl (C=O) groups is 1. The summed E-state index contributed by atoms with van der Waals surface area (Å²) in [7, 11) is 3.64. The molecule has 0 spiro atoms. The standard InChI is InChI=1S/C24H28N2O4/c1-16(27)25-23-22(19-13-26(2)20-12-8-7-11-18(19)20)21(30-24(23)28-3)15-29-14-17-9-5-4-6-10-17/h4-13,21-24H,14-15H2,1-3H3,(H,25,27)/t21-,22-,23+,24-/m1/s1. The molecule has 158 valence electrons. The van der Waals surface area contributed by atoms with Gasteiger partial charge in [-0.3, -0.25) is 4.79 Å². The highest BCUT2D eigenvalue weighted by Crippen LogP contribution is 2.40. The Morgan fingerprint density at radius 1 is 1.13 bits per heavy atom.